The third kappa shape index (κ3) is 4.11. The molecule has 2 aliphatic heterocycles. The van der Waals surface area contributed by atoms with E-state index in [4.69, 9.17) is 4.74 Å². The molecule has 0 aromatic heterocycles. The summed E-state index contributed by atoms with van der Waals surface area (Å²) in [6, 6.07) is 5.00. The number of benzene rings is 1. The number of nitrogens with zero attached hydrogens (tertiary/aromatic N) is 1. The average Bonchev–Trinajstić information content (AvgIpc) is 3.17. The molecular formula is C24H39NO2. The summed E-state index contributed by atoms with van der Waals surface area (Å²) in [5.74, 6) is 1.47. The molecule has 0 amide bonds. The molecule has 3 heteroatoms. The van der Waals surface area contributed by atoms with Crippen molar-refractivity contribution in [2.24, 2.45) is 0 Å². The van der Waals surface area contributed by atoms with Crippen molar-refractivity contribution in [1.29, 1.82) is 0 Å². The Morgan fingerprint density at radius 2 is 1.44 bits per heavy atom. The Morgan fingerprint density at radius 1 is 0.889 bits per heavy atom. The van der Waals surface area contributed by atoms with Gasteiger partial charge in [0.1, 0.15) is 0 Å². The third-order valence-corrected chi connectivity index (χ3v) is 6.57. The van der Waals surface area contributed by atoms with Crippen molar-refractivity contribution in [3.05, 3.63) is 34.4 Å². The number of rotatable bonds is 6. The number of fused-ring (bicyclic) bond motifs is 1. The topological polar surface area (TPSA) is 32.7 Å². The maximum Gasteiger partial charge on any atom is 0.0806 e. The Labute approximate surface area is 166 Å². The van der Waals surface area contributed by atoms with Gasteiger partial charge in [-0.05, 0) is 59.8 Å². The standard InChI is InChI=1S/C24H39NO2/c1-14(2)18-12-19(15(3)4)23(20(13-18)16(5)6)17(7)27-22-9-11-25-10-8-21(26)24(22)25/h12-17,21-22,24,26H,8-11H2,1-7H3/t17-,21?,22+,24+/m0/s1. The van der Waals surface area contributed by atoms with Crippen LogP contribution in [0.2, 0.25) is 0 Å². The predicted molar refractivity (Wildman–Crippen MR) is 113 cm³/mol. The summed E-state index contributed by atoms with van der Waals surface area (Å²) < 4.78 is 6.66. The minimum absolute atomic E-state index is 0.0544. The van der Waals surface area contributed by atoms with Crippen LogP contribution in [0, 0.1) is 0 Å². The second-order valence-electron chi connectivity index (χ2n) is 9.57. The van der Waals surface area contributed by atoms with Gasteiger partial charge in [-0.3, -0.25) is 4.90 Å². The Morgan fingerprint density at radius 3 is 1.96 bits per heavy atom. The SMILES string of the molecule is CC(C)c1cc(C(C)C)c([C@H](C)O[C@@H]2CCN3CCC(O)[C@H]23)c(C(C)C)c1. The van der Waals surface area contributed by atoms with Crippen molar-refractivity contribution in [3.63, 3.8) is 0 Å². The quantitative estimate of drug-likeness (QED) is 0.730. The van der Waals surface area contributed by atoms with Crippen LogP contribution in [0.5, 0.6) is 0 Å². The minimum atomic E-state index is -0.234. The van der Waals surface area contributed by atoms with E-state index in [2.05, 4.69) is 65.5 Å². The van der Waals surface area contributed by atoms with E-state index in [9.17, 15) is 5.11 Å². The highest BCUT2D eigenvalue weighted by molar-refractivity contribution is 5.45. The summed E-state index contributed by atoms with van der Waals surface area (Å²) in [6.07, 6.45) is 1.88. The zero-order chi connectivity index (χ0) is 19.9. The lowest BCUT2D eigenvalue weighted by Gasteiger charge is -2.31. The third-order valence-electron chi connectivity index (χ3n) is 6.57. The lowest BCUT2D eigenvalue weighted by Crippen LogP contribution is -2.38. The van der Waals surface area contributed by atoms with Gasteiger partial charge in [0.05, 0.1) is 24.4 Å². The summed E-state index contributed by atoms with van der Waals surface area (Å²) in [5, 5.41) is 10.4. The van der Waals surface area contributed by atoms with E-state index in [1.54, 1.807) is 0 Å². The molecule has 0 spiro atoms. The van der Waals surface area contributed by atoms with Crippen molar-refractivity contribution < 1.29 is 9.84 Å². The fraction of sp³-hybridized carbons (Fsp3) is 0.750. The van der Waals surface area contributed by atoms with Gasteiger partial charge in [-0.1, -0.05) is 53.7 Å². The lowest BCUT2D eigenvalue weighted by molar-refractivity contribution is -0.0402. The first-order valence-electron chi connectivity index (χ1n) is 11.0. The molecule has 1 aromatic rings. The van der Waals surface area contributed by atoms with Crippen LogP contribution >= 0.6 is 0 Å². The molecule has 0 saturated carbocycles. The molecule has 152 valence electrons. The molecule has 4 atom stereocenters. The summed E-state index contributed by atoms with van der Waals surface area (Å²) in [4.78, 5) is 2.41. The Hall–Kier alpha value is -0.900. The van der Waals surface area contributed by atoms with E-state index >= 15 is 0 Å². The van der Waals surface area contributed by atoms with Gasteiger partial charge >= 0.3 is 0 Å². The Bertz CT molecular complexity index is 623. The molecule has 3 rings (SSSR count). The van der Waals surface area contributed by atoms with E-state index in [0.29, 0.717) is 17.8 Å². The summed E-state index contributed by atoms with van der Waals surface area (Å²) in [6.45, 7) is 18.0. The number of hydrogen-bond acceptors (Lipinski definition) is 3. The normalized spacial score (nSPS) is 27.1. The predicted octanol–water partition coefficient (Wildman–Crippen LogP) is 5.34. The van der Waals surface area contributed by atoms with E-state index in [0.717, 1.165) is 25.9 Å². The molecule has 2 saturated heterocycles. The van der Waals surface area contributed by atoms with Crippen LogP contribution in [0.15, 0.2) is 12.1 Å². The van der Waals surface area contributed by atoms with E-state index in [-0.39, 0.29) is 24.4 Å². The summed E-state index contributed by atoms with van der Waals surface area (Å²) >= 11 is 0. The first-order valence-corrected chi connectivity index (χ1v) is 11.0. The maximum atomic E-state index is 10.4. The van der Waals surface area contributed by atoms with Gasteiger partial charge in [0.15, 0.2) is 0 Å². The monoisotopic (exact) mass is 373 g/mol. The van der Waals surface area contributed by atoms with Gasteiger partial charge in [-0.15, -0.1) is 0 Å². The average molecular weight is 374 g/mol. The summed E-state index contributed by atoms with van der Waals surface area (Å²) in [5.41, 5.74) is 5.67. The summed E-state index contributed by atoms with van der Waals surface area (Å²) in [7, 11) is 0. The highest BCUT2D eigenvalue weighted by Gasteiger charge is 2.44. The molecule has 0 aliphatic carbocycles. The first-order chi connectivity index (χ1) is 12.7. The molecule has 1 N–H and O–H groups in total. The van der Waals surface area contributed by atoms with Crippen LogP contribution in [0.4, 0.5) is 0 Å². The molecule has 1 aromatic carbocycles. The first kappa shape index (κ1) is 20.8. The maximum absolute atomic E-state index is 10.4. The number of aliphatic hydroxyl groups is 1. The largest absolute Gasteiger partial charge is 0.391 e. The lowest BCUT2D eigenvalue weighted by atomic mass is 9.82. The second-order valence-corrected chi connectivity index (χ2v) is 9.57. The van der Waals surface area contributed by atoms with Crippen molar-refractivity contribution in [2.45, 2.75) is 103 Å². The zero-order valence-corrected chi connectivity index (χ0v) is 18.3. The van der Waals surface area contributed by atoms with Crippen molar-refractivity contribution in [1.82, 2.24) is 4.90 Å². The highest BCUT2D eigenvalue weighted by Crippen LogP contribution is 2.39. The van der Waals surface area contributed by atoms with E-state index in [1.165, 1.54) is 22.3 Å². The van der Waals surface area contributed by atoms with Crippen LogP contribution in [-0.2, 0) is 4.74 Å². The van der Waals surface area contributed by atoms with Gasteiger partial charge in [0.2, 0.25) is 0 Å². The number of hydrogen-bond donors (Lipinski definition) is 1. The van der Waals surface area contributed by atoms with Crippen molar-refractivity contribution >= 4 is 0 Å². The van der Waals surface area contributed by atoms with E-state index in [1.807, 2.05) is 0 Å². The van der Waals surface area contributed by atoms with Crippen LogP contribution < -0.4 is 0 Å². The molecule has 0 bridgehead atoms. The van der Waals surface area contributed by atoms with Gasteiger partial charge in [0, 0.05) is 13.1 Å². The van der Waals surface area contributed by atoms with Gasteiger partial charge < -0.3 is 9.84 Å². The van der Waals surface area contributed by atoms with E-state index < -0.39 is 0 Å². The van der Waals surface area contributed by atoms with Crippen LogP contribution in [0.3, 0.4) is 0 Å². The molecule has 2 aliphatic rings. The van der Waals surface area contributed by atoms with Crippen LogP contribution in [0.1, 0.15) is 107 Å². The van der Waals surface area contributed by atoms with Crippen LogP contribution in [-0.4, -0.2) is 41.3 Å². The van der Waals surface area contributed by atoms with Gasteiger partial charge in [-0.25, -0.2) is 0 Å². The molecule has 3 nitrogen and oxygen atoms in total. The fourth-order valence-corrected chi connectivity index (χ4v) is 5.03. The van der Waals surface area contributed by atoms with Crippen molar-refractivity contribution in [3.8, 4) is 0 Å². The fourth-order valence-electron chi connectivity index (χ4n) is 5.03. The minimum Gasteiger partial charge on any atom is -0.391 e. The molecular weight excluding hydrogens is 334 g/mol. The number of ether oxygens (including phenoxy) is 1. The smallest absolute Gasteiger partial charge is 0.0806 e. The highest BCUT2D eigenvalue weighted by atomic mass is 16.5. The molecule has 0 radical (unpaired) electrons. The molecule has 2 fully saturated rings. The van der Waals surface area contributed by atoms with Gasteiger partial charge in [-0.2, -0.15) is 0 Å². The van der Waals surface area contributed by atoms with Crippen molar-refractivity contribution in [2.75, 3.05) is 13.1 Å². The molecule has 27 heavy (non-hydrogen) atoms. The molecule has 1 unspecified atom stereocenters. The number of aliphatic hydroxyl groups excluding tert-OH is 1. The van der Waals surface area contributed by atoms with Crippen LogP contribution in [0.25, 0.3) is 0 Å². The molecule has 2 heterocycles. The zero-order valence-electron chi connectivity index (χ0n) is 18.3. The van der Waals surface area contributed by atoms with Gasteiger partial charge in [0.25, 0.3) is 0 Å². The Balaban J connectivity index is 1.94. The second kappa shape index (κ2) is 8.23. The Kier molecular flexibility index (Phi) is 6.34.